The van der Waals surface area contributed by atoms with E-state index in [9.17, 15) is 0 Å². The lowest BCUT2D eigenvalue weighted by molar-refractivity contribution is 0.387. The topological polar surface area (TPSA) is 68.8 Å². The molecule has 6 nitrogen and oxygen atoms in total. The molecule has 1 saturated carbocycles. The van der Waals surface area contributed by atoms with Gasteiger partial charge < -0.3 is 9.84 Å². The molecular weight excluding hydrogens is 254 g/mol. The van der Waals surface area contributed by atoms with Crippen LogP contribution in [0.5, 0.6) is 0 Å². The number of rotatable bonds is 6. The molecule has 3 rings (SSSR count). The van der Waals surface area contributed by atoms with E-state index < -0.39 is 0 Å². The second kappa shape index (κ2) is 6.17. The zero-order valence-electron chi connectivity index (χ0n) is 11.9. The first-order valence-electron chi connectivity index (χ1n) is 7.35. The summed E-state index contributed by atoms with van der Waals surface area (Å²) in [5.74, 6) is 1.38. The molecule has 2 aromatic heterocycles. The first-order chi connectivity index (χ1) is 9.81. The number of nitrogens with one attached hydrogen (secondary N) is 1. The molecule has 1 aliphatic carbocycles. The molecule has 1 N–H and O–H groups in total. The number of aryl methyl sites for hydroxylation is 1. The van der Waals surface area contributed by atoms with Crippen LogP contribution in [0.3, 0.4) is 0 Å². The molecule has 0 radical (unpaired) electrons. The highest BCUT2D eigenvalue weighted by atomic mass is 16.5. The SMILES string of the molecule is Cc1nc(CCNCc2ccn(C3CCCC3)n2)no1. The molecule has 1 aliphatic rings. The zero-order valence-corrected chi connectivity index (χ0v) is 11.9. The molecule has 2 aromatic rings. The van der Waals surface area contributed by atoms with Crippen molar-refractivity contribution in [1.82, 2.24) is 25.2 Å². The molecule has 0 atom stereocenters. The van der Waals surface area contributed by atoms with E-state index in [0.717, 1.165) is 31.0 Å². The van der Waals surface area contributed by atoms with Crippen molar-refractivity contribution in [2.75, 3.05) is 6.54 Å². The van der Waals surface area contributed by atoms with E-state index in [-0.39, 0.29) is 0 Å². The van der Waals surface area contributed by atoms with E-state index in [4.69, 9.17) is 4.52 Å². The Morgan fingerprint density at radius 2 is 2.25 bits per heavy atom. The van der Waals surface area contributed by atoms with Crippen molar-refractivity contribution < 1.29 is 4.52 Å². The standard InChI is InChI=1S/C14H21N5O/c1-11-16-14(18-20-11)6-8-15-10-12-7-9-19(17-12)13-4-2-3-5-13/h7,9,13,15H,2-6,8,10H2,1H3. The van der Waals surface area contributed by atoms with Crippen molar-refractivity contribution >= 4 is 0 Å². The van der Waals surface area contributed by atoms with Crippen molar-refractivity contribution in [3.05, 3.63) is 29.7 Å². The number of aromatic nitrogens is 4. The van der Waals surface area contributed by atoms with Crippen LogP contribution < -0.4 is 5.32 Å². The van der Waals surface area contributed by atoms with Gasteiger partial charge in [-0.3, -0.25) is 4.68 Å². The highest BCUT2D eigenvalue weighted by Crippen LogP contribution is 2.28. The summed E-state index contributed by atoms with van der Waals surface area (Å²) >= 11 is 0. The summed E-state index contributed by atoms with van der Waals surface area (Å²) in [5, 5.41) is 11.9. The Balaban J connectivity index is 1.42. The fraction of sp³-hybridized carbons (Fsp3) is 0.643. The third-order valence-electron chi connectivity index (χ3n) is 3.76. The summed E-state index contributed by atoms with van der Waals surface area (Å²) in [6.07, 6.45) is 8.10. The fourth-order valence-corrected chi connectivity index (χ4v) is 2.70. The Kier molecular flexibility index (Phi) is 4.11. The molecule has 0 bridgehead atoms. The van der Waals surface area contributed by atoms with Crippen LogP contribution in [0.1, 0.15) is 49.1 Å². The van der Waals surface area contributed by atoms with Crippen LogP contribution >= 0.6 is 0 Å². The van der Waals surface area contributed by atoms with Gasteiger partial charge in [-0.15, -0.1) is 0 Å². The summed E-state index contributed by atoms with van der Waals surface area (Å²) < 4.78 is 7.07. The Morgan fingerprint density at radius 3 is 3.00 bits per heavy atom. The minimum absolute atomic E-state index is 0.617. The minimum Gasteiger partial charge on any atom is -0.340 e. The molecule has 0 aromatic carbocycles. The van der Waals surface area contributed by atoms with E-state index in [0.29, 0.717) is 11.9 Å². The van der Waals surface area contributed by atoms with Gasteiger partial charge >= 0.3 is 0 Å². The summed E-state index contributed by atoms with van der Waals surface area (Å²) in [5.41, 5.74) is 1.10. The number of hydrogen-bond donors (Lipinski definition) is 1. The average Bonchev–Trinajstić information content (AvgIpc) is 3.16. The quantitative estimate of drug-likeness (QED) is 0.817. The van der Waals surface area contributed by atoms with Crippen LogP contribution in [0.15, 0.2) is 16.8 Å². The highest BCUT2D eigenvalue weighted by molar-refractivity contribution is 5.00. The highest BCUT2D eigenvalue weighted by Gasteiger charge is 2.17. The molecule has 1 fully saturated rings. The molecular formula is C14H21N5O. The van der Waals surface area contributed by atoms with Gasteiger partial charge in [-0.05, 0) is 18.9 Å². The van der Waals surface area contributed by atoms with Crippen LogP contribution in [0, 0.1) is 6.92 Å². The lowest BCUT2D eigenvalue weighted by Gasteiger charge is -2.08. The van der Waals surface area contributed by atoms with Crippen molar-refractivity contribution in [3.8, 4) is 0 Å². The van der Waals surface area contributed by atoms with E-state index in [1.165, 1.54) is 25.7 Å². The summed E-state index contributed by atoms with van der Waals surface area (Å²) in [6, 6.07) is 2.72. The van der Waals surface area contributed by atoms with Gasteiger partial charge in [-0.1, -0.05) is 18.0 Å². The van der Waals surface area contributed by atoms with Gasteiger partial charge in [0, 0.05) is 32.6 Å². The van der Waals surface area contributed by atoms with E-state index >= 15 is 0 Å². The fourth-order valence-electron chi connectivity index (χ4n) is 2.70. The van der Waals surface area contributed by atoms with Crippen LogP contribution in [-0.4, -0.2) is 26.5 Å². The molecule has 6 heteroatoms. The van der Waals surface area contributed by atoms with Crippen molar-refractivity contribution in [2.45, 2.75) is 51.6 Å². The van der Waals surface area contributed by atoms with Crippen molar-refractivity contribution in [1.29, 1.82) is 0 Å². The Hall–Kier alpha value is -1.69. The lowest BCUT2D eigenvalue weighted by Crippen LogP contribution is -2.18. The average molecular weight is 275 g/mol. The molecule has 108 valence electrons. The monoisotopic (exact) mass is 275 g/mol. The first kappa shape index (κ1) is 13.3. The van der Waals surface area contributed by atoms with E-state index in [2.05, 4.69) is 37.5 Å². The van der Waals surface area contributed by atoms with E-state index in [1.807, 2.05) is 0 Å². The predicted molar refractivity (Wildman–Crippen MR) is 74.2 cm³/mol. The second-order valence-electron chi connectivity index (χ2n) is 5.38. The number of nitrogens with zero attached hydrogens (tertiary/aromatic N) is 4. The van der Waals surface area contributed by atoms with Gasteiger partial charge in [0.05, 0.1) is 11.7 Å². The molecule has 0 spiro atoms. The maximum absolute atomic E-state index is 4.94. The van der Waals surface area contributed by atoms with Crippen LogP contribution in [0.25, 0.3) is 0 Å². The van der Waals surface area contributed by atoms with Gasteiger partial charge in [-0.25, -0.2) is 0 Å². The van der Waals surface area contributed by atoms with Crippen LogP contribution in [0.2, 0.25) is 0 Å². The van der Waals surface area contributed by atoms with Gasteiger partial charge in [0.2, 0.25) is 5.89 Å². The van der Waals surface area contributed by atoms with Crippen LogP contribution in [0.4, 0.5) is 0 Å². The summed E-state index contributed by atoms with van der Waals surface area (Å²) in [4.78, 5) is 4.17. The second-order valence-corrected chi connectivity index (χ2v) is 5.38. The third kappa shape index (κ3) is 3.25. The molecule has 0 unspecified atom stereocenters. The number of hydrogen-bond acceptors (Lipinski definition) is 5. The maximum atomic E-state index is 4.94. The van der Waals surface area contributed by atoms with Gasteiger partial charge in [0.25, 0.3) is 0 Å². The third-order valence-corrected chi connectivity index (χ3v) is 3.76. The van der Waals surface area contributed by atoms with Crippen LogP contribution in [-0.2, 0) is 13.0 Å². The summed E-state index contributed by atoms with van der Waals surface area (Å²) in [7, 11) is 0. The molecule has 0 saturated heterocycles. The smallest absolute Gasteiger partial charge is 0.223 e. The molecule has 0 amide bonds. The largest absolute Gasteiger partial charge is 0.340 e. The Bertz CT molecular complexity index is 541. The predicted octanol–water partition coefficient (Wildman–Crippen LogP) is 2.02. The van der Waals surface area contributed by atoms with Crippen molar-refractivity contribution in [2.24, 2.45) is 0 Å². The van der Waals surface area contributed by atoms with Gasteiger partial charge in [-0.2, -0.15) is 10.1 Å². The molecule has 0 aliphatic heterocycles. The Labute approximate surface area is 118 Å². The van der Waals surface area contributed by atoms with Gasteiger partial charge in [0.15, 0.2) is 5.82 Å². The normalized spacial score (nSPS) is 16.1. The minimum atomic E-state index is 0.617. The summed E-state index contributed by atoms with van der Waals surface area (Å²) in [6.45, 7) is 3.42. The lowest BCUT2D eigenvalue weighted by atomic mass is 10.3. The van der Waals surface area contributed by atoms with Gasteiger partial charge in [0.1, 0.15) is 0 Å². The van der Waals surface area contributed by atoms with E-state index in [1.54, 1.807) is 6.92 Å². The Morgan fingerprint density at radius 1 is 1.40 bits per heavy atom. The van der Waals surface area contributed by atoms with Crippen molar-refractivity contribution in [3.63, 3.8) is 0 Å². The zero-order chi connectivity index (χ0) is 13.8. The maximum Gasteiger partial charge on any atom is 0.223 e. The first-order valence-corrected chi connectivity index (χ1v) is 7.35. The molecule has 2 heterocycles. The molecule has 20 heavy (non-hydrogen) atoms.